The number of hydrogen-bond donors (Lipinski definition) is 3. The maximum atomic E-state index is 10.8. The Balaban J connectivity index is 2.19. The number of carboxylic acids is 1. The van der Waals surface area contributed by atoms with E-state index in [9.17, 15) is 4.79 Å². The molecule has 0 aliphatic carbocycles. The molecule has 5 nitrogen and oxygen atoms in total. The number of aromatic carboxylic acids is 1. The quantitative estimate of drug-likeness (QED) is 0.707. The molecular formula is C11H14N2O3. The maximum Gasteiger partial charge on any atom is 0.335 e. The summed E-state index contributed by atoms with van der Waals surface area (Å²) in [5.74, 6) is -0.358. The standard InChI is InChI=1S/C11H14N2O3/c12-4-3-8-6-16-10-5-7(11(14)15)1-2-9(10)13-8/h1-2,5,8,13H,3-4,6,12H2,(H,14,15). The molecule has 0 saturated carbocycles. The summed E-state index contributed by atoms with van der Waals surface area (Å²) in [5, 5.41) is 12.1. The molecule has 16 heavy (non-hydrogen) atoms. The highest BCUT2D eigenvalue weighted by Gasteiger charge is 2.19. The molecular weight excluding hydrogens is 208 g/mol. The lowest BCUT2D eigenvalue weighted by atomic mass is 10.1. The van der Waals surface area contributed by atoms with Crippen LogP contribution in [-0.4, -0.2) is 30.3 Å². The Bertz CT molecular complexity index is 406. The average Bonchev–Trinajstić information content (AvgIpc) is 2.28. The van der Waals surface area contributed by atoms with E-state index in [0.29, 0.717) is 18.9 Å². The predicted molar refractivity (Wildman–Crippen MR) is 60.0 cm³/mol. The summed E-state index contributed by atoms with van der Waals surface area (Å²) in [5.41, 5.74) is 6.53. The lowest BCUT2D eigenvalue weighted by Gasteiger charge is -2.27. The van der Waals surface area contributed by atoms with Crippen LogP contribution < -0.4 is 15.8 Å². The molecule has 1 aromatic rings. The Morgan fingerprint density at radius 1 is 1.62 bits per heavy atom. The fraction of sp³-hybridized carbons (Fsp3) is 0.364. The van der Waals surface area contributed by atoms with Gasteiger partial charge in [0.25, 0.3) is 0 Å². The highest BCUT2D eigenvalue weighted by Crippen LogP contribution is 2.30. The molecule has 0 saturated heterocycles. The molecule has 1 atom stereocenters. The molecule has 0 radical (unpaired) electrons. The molecule has 1 unspecified atom stereocenters. The molecule has 0 spiro atoms. The van der Waals surface area contributed by atoms with Gasteiger partial charge in [0.1, 0.15) is 12.4 Å². The van der Waals surface area contributed by atoms with E-state index < -0.39 is 5.97 Å². The monoisotopic (exact) mass is 222 g/mol. The van der Waals surface area contributed by atoms with Crippen LogP contribution in [0.25, 0.3) is 0 Å². The van der Waals surface area contributed by atoms with Gasteiger partial charge in [0.15, 0.2) is 0 Å². The molecule has 5 heteroatoms. The number of carbonyl (C=O) groups is 1. The van der Waals surface area contributed by atoms with Crippen molar-refractivity contribution in [3.63, 3.8) is 0 Å². The summed E-state index contributed by atoms with van der Waals surface area (Å²) >= 11 is 0. The first-order valence-corrected chi connectivity index (χ1v) is 5.17. The van der Waals surface area contributed by atoms with Crippen LogP contribution in [0, 0.1) is 0 Å². The highest BCUT2D eigenvalue weighted by atomic mass is 16.5. The van der Waals surface area contributed by atoms with Crippen molar-refractivity contribution in [2.24, 2.45) is 5.73 Å². The summed E-state index contributed by atoms with van der Waals surface area (Å²) in [6.07, 6.45) is 0.833. The number of nitrogens with one attached hydrogen (secondary N) is 1. The number of rotatable bonds is 3. The van der Waals surface area contributed by atoms with Crippen molar-refractivity contribution < 1.29 is 14.6 Å². The van der Waals surface area contributed by atoms with E-state index in [1.54, 1.807) is 12.1 Å². The van der Waals surface area contributed by atoms with Crippen molar-refractivity contribution in [3.8, 4) is 5.75 Å². The first-order chi connectivity index (χ1) is 7.70. The zero-order chi connectivity index (χ0) is 11.5. The van der Waals surface area contributed by atoms with Crippen LogP contribution >= 0.6 is 0 Å². The normalized spacial score (nSPS) is 18.2. The summed E-state index contributed by atoms with van der Waals surface area (Å²) in [7, 11) is 0. The molecule has 4 N–H and O–H groups in total. The fourth-order valence-electron chi connectivity index (χ4n) is 1.70. The molecule has 2 rings (SSSR count). The molecule has 0 fully saturated rings. The summed E-state index contributed by atoms with van der Waals surface area (Å²) in [6.45, 7) is 1.12. The van der Waals surface area contributed by atoms with Crippen LogP contribution in [0.5, 0.6) is 5.75 Å². The van der Waals surface area contributed by atoms with Crippen LogP contribution in [-0.2, 0) is 0 Å². The lowest BCUT2D eigenvalue weighted by molar-refractivity contribution is 0.0696. The Hall–Kier alpha value is -1.75. The first-order valence-electron chi connectivity index (χ1n) is 5.17. The SMILES string of the molecule is NCCC1COc2cc(C(=O)O)ccc2N1. The number of fused-ring (bicyclic) bond motifs is 1. The maximum absolute atomic E-state index is 10.8. The van der Waals surface area contributed by atoms with Gasteiger partial charge in [-0.15, -0.1) is 0 Å². The van der Waals surface area contributed by atoms with Gasteiger partial charge in [-0.05, 0) is 31.2 Å². The predicted octanol–water partition coefficient (Wildman–Crippen LogP) is 0.906. The van der Waals surface area contributed by atoms with E-state index >= 15 is 0 Å². The van der Waals surface area contributed by atoms with Crippen LogP contribution in [0.4, 0.5) is 5.69 Å². The van der Waals surface area contributed by atoms with Crippen molar-refractivity contribution in [3.05, 3.63) is 23.8 Å². The van der Waals surface area contributed by atoms with Crippen LogP contribution in [0.15, 0.2) is 18.2 Å². The van der Waals surface area contributed by atoms with Gasteiger partial charge in [-0.1, -0.05) is 0 Å². The van der Waals surface area contributed by atoms with E-state index in [1.807, 2.05) is 0 Å². The zero-order valence-corrected chi connectivity index (χ0v) is 8.77. The smallest absolute Gasteiger partial charge is 0.335 e. The topological polar surface area (TPSA) is 84.6 Å². The fourth-order valence-corrected chi connectivity index (χ4v) is 1.70. The van der Waals surface area contributed by atoms with Gasteiger partial charge >= 0.3 is 5.97 Å². The van der Waals surface area contributed by atoms with Crippen LogP contribution in [0.3, 0.4) is 0 Å². The molecule has 1 aliphatic heterocycles. The number of ether oxygens (including phenoxy) is 1. The Morgan fingerprint density at radius 3 is 3.12 bits per heavy atom. The number of anilines is 1. The van der Waals surface area contributed by atoms with Crippen molar-refractivity contribution >= 4 is 11.7 Å². The third-order valence-electron chi connectivity index (χ3n) is 2.54. The third-order valence-corrected chi connectivity index (χ3v) is 2.54. The summed E-state index contributed by atoms with van der Waals surface area (Å²) < 4.78 is 5.50. The Kier molecular flexibility index (Phi) is 2.96. The number of hydrogen-bond acceptors (Lipinski definition) is 4. The molecule has 86 valence electrons. The van der Waals surface area contributed by atoms with Gasteiger partial charge in [-0.25, -0.2) is 4.79 Å². The van der Waals surface area contributed by atoms with Gasteiger partial charge < -0.3 is 20.9 Å². The van der Waals surface area contributed by atoms with E-state index in [2.05, 4.69) is 5.32 Å². The molecule has 1 aliphatic rings. The minimum atomic E-state index is -0.949. The van der Waals surface area contributed by atoms with Gasteiger partial charge in [-0.3, -0.25) is 0 Å². The van der Waals surface area contributed by atoms with Crippen molar-refractivity contribution in [2.45, 2.75) is 12.5 Å². The molecule has 1 aromatic carbocycles. The third kappa shape index (κ3) is 2.09. The van der Waals surface area contributed by atoms with Crippen LogP contribution in [0.1, 0.15) is 16.8 Å². The summed E-state index contributed by atoms with van der Waals surface area (Å²) in [4.78, 5) is 10.8. The minimum Gasteiger partial charge on any atom is -0.489 e. The molecule has 0 bridgehead atoms. The average molecular weight is 222 g/mol. The van der Waals surface area contributed by atoms with E-state index in [4.69, 9.17) is 15.6 Å². The van der Waals surface area contributed by atoms with E-state index in [0.717, 1.165) is 12.1 Å². The molecule has 0 amide bonds. The van der Waals surface area contributed by atoms with Crippen LogP contribution in [0.2, 0.25) is 0 Å². The molecule has 0 aromatic heterocycles. The number of benzene rings is 1. The lowest BCUT2D eigenvalue weighted by Crippen LogP contribution is -2.33. The van der Waals surface area contributed by atoms with Crippen molar-refractivity contribution in [1.29, 1.82) is 0 Å². The Labute approximate surface area is 93.2 Å². The van der Waals surface area contributed by atoms with Gasteiger partial charge in [0.05, 0.1) is 17.3 Å². The first kappa shape index (κ1) is 10.8. The molecule has 1 heterocycles. The Morgan fingerprint density at radius 2 is 2.44 bits per heavy atom. The largest absolute Gasteiger partial charge is 0.489 e. The second kappa shape index (κ2) is 4.40. The second-order valence-corrected chi connectivity index (χ2v) is 3.75. The number of nitrogens with two attached hydrogens (primary N) is 1. The zero-order valence-electron chi connectivity index (χ0n) is 8.77. The second-order valence-electron chi connectivity index (χ2n) is 3.75. The minimum absolute atomic E-state index is 0.202. The van der Waals surface area contributed by atoms with Crippen molar-refractivity contribution in [1.82, 2.24) is 0 Å². The van der Waals surface area contributed by atoms with E-state index in [-0.39, 0.29) is 11.6 Å². The summed E-state index contributed by atoms with van der Waals surface area (Å²) in [6, 6.07) is 5.01. The number of carboxylic acid groups (broad SMARTS) is 1. The van der Waals surface area contributed by atoms with Crippen molar-refractivity contribution in [2.75, 3.05) is 18.5 Å². The van der Waals surface area contributed by atoms with Gasteiger partial charge in [-0.2, -0.15) is 0 Å². The van der Waals surface area contributed by atoms with Gasteiger partial charge in [0.2, 0.25) is 0 Å². The van der Waals surface area contributed by atoms with Gasteiger partial charge in [0, 0.05) is 0 Å². The van der Waals surface area contributed by atoms with E-state index in [1.165, 1.54) is 6.07 Å². The highest BCUT2D eigenvalue weighted by molar-refractivity contribution is 5.89.